The highest BCUT2D eigenvalue weighted by molar-refractivity contribution is 6.25. The largest absolute Gasteiger partial charge is 0.312 e. The average molecular weight is 469 g/mol. The minimum Gasteiger partial charge on any atom is -0.312 e. The highest BCUT2D eigenvalue weighted by Crippen LogP contribution is 2.36. The fourth-order valence-corrected chi connectivity index (χ4v) is 3.98. The molecule has 2 aliphatic rings. The molecule has 14 heteroatoms. The van der Waals surface area contributed by atoms with Crippen LogP contribution < -0.4 is 9.80 Å². The van der Waals surface area contributed by atoms with Crippen LogP contribution in [-0.4, -0.2) is 55.8 Å². The molecule has 2 heterocycles. The van der Waals surface area contributed by atoms with Gasteiger partial charge in [0.2, 0.25) is 11.8 Å². The van der Waals surface area contributed by atoms with Crippen LogP contribution in [0.3, 0.4) is 0 Å². The number of nitrogens with zero attached hydrogens (tertiary/aromatic N) is 5. The number of nitro groups is 2. The molecule has 2 aromatic rings. The summed E-state index contributed by atoms with van der Waals surface area (Å²) in [6.45, 7) is 0. The van der Waals surface area contributed by atoms with Gasteiger partial charge in [0.15, 0.2) is 0 Å². The monoisotopic (exact) mass is 469 g/mol. The van der Waals surface area contributed by atoms with E-state index in [-0.39, 0.29) is 16.4 Å². The number of imide groups is 2. The van der Waals surface area contributed by atoms with E-state index in [1.54, 1.807) is 0 Å². The smallest absolute Gasteiger partial charge is 0.293 e. The van der Waals surface area contributed by atoms with Crippen LogP contribution in [0.2, 0.25) is 0 Å². The molecule has 4 rings (SSSR count). The molecule has 0 spiro atoms. The van der Waals surface area contributed by atoms with Crippen molar-refractivity contribution in [2.24, 2.45) is 0 Å². The highest BCUT2D eigenvalue weighted by Gasteiger charge is 2.52. The maximum absolute atomic E-state index is 13.0. The van der Waals surface area contributed by atoms with Crippen molar-refractivity contribution < 1.29 is 34.2 Å². The summed E-state index contributed by atoms with van der Waals surface area (Å²) in [4.78, 5) is 73.2. The van der Waals surface area contributed by atoms with Gasteiger partial charge in [-0.1, -0.05) is 24.3 Å². The number of benzene rings is 2. The van der Waals surface area contributed by atoms with Crippen molar-refractivity contribution in [3.8, 4) is 0 Å². The zero-order valence-electron chi connectivity index (χ0n) is 17.1. The Morgan fingerprint density at radius 3 is 1.44 bits per heavy atom. The van der Waals surface area contributed by atoms with Crippen molar-refractivity contribution in [2.75, 3.05) is 9.80 Å². The Morgan fingerprint density at radius 2 is 1.09 bits per heavy atom. The molecule has 2 unspecified atom stereocenters. The number of amides is 4. The molecular formula is C20H15N5O9. The topological polar surface area (TPSA) is 185 Å². The molecule has 2 aliphatic heterocycles. The van der Waals surface area contributed by atoms with Crippen molar-refractivity contribution in [3.05, 3.63) is 68.8 Å². The van der Waals surface area contributed by atoms with Crippen LogP contribution in [0.15, 0.2) is 48.5 Å². The predicted molar refractivity (Wildman–Crippen MR) is 112 cm³/mol. The standard InChI is InChI=1S/C20H15N5O9/c26-17-9-15(19(28)21(17)11-5-1-3-7-13(11)24(31)32)23(30)16-10-18(27)22(20(16)29)12-6-2-4-8-14(12)25(33)34/h1-8,15-16,30H,9-10H2. The molecule has 2 fully saturated rings. The van der Waals surface area contributed by atoms with E-state index < -0.39 is 69.8 Å². The minimum atomic E-state index is -1.60. The second-order valence-corrected chi connectivity index (χ2v) is 7.45. The summed E-state index contributed by atoms with van der Waals surface area (Å²) in [5.41, 5.74) is -1.62. The fraction of sp³-hybridized carbons (Fsp3) is 0.200. The maximum atomic E-state index is 13.0. The van der Waals surface area contributed by atoms with Gasteiger partial charge < -0.3 is 5.21 Å². The van der Waals surface area contributed by atoms with E-state index in [9.17, 15) is 44.6 Å². The van der Waals surface area contributed by atoms with E-state index in [4.69, 9.17) is 0 Å². The van der Waals surface area contributed by atoms with Gasteiger partial charge in [0.1, 0.15) is 23.5 Å². The molecular weight excluding hydrogens is 454 g/mol. The Hall–Kier alpha value is -4.56. The molecule has 34 heavy (non-hydrogen) atoms. The molecule has 2 atom stereocenters. The fourth-order valence-electron chi connectivity index (χ4n) is 3.98. The van der Waals surface area contributed by atoms with Crippen LogP contribution in [0.1, 0.15) is 12.8 Å². The third kappa shape index (κ3) is 3.56. The average Bonchev–Trinajstić information content (AvgIpc) is 3.27. The number of carbonyl (C=O) groups excluding carboxylic acids is 4. The van der Waals surface area contributed by atoms with Crippen LogP contribution in [0.5, 0.6) is 0 Å². The summed E-state index contributed by atoms with van der Waals surface area (Å²) in [7, 11) is 0. The number of hydrogen-bond donors (Lipinski definition) is 1. The van der Waals surface area contributed by atoms with E-state index in [1.807, 2.05) is 0 Å². The predicted octanol–water partition coefficient (Wildman–Crippen LogP) is 1.16. The van der Waals surface area contributed by atoms with Crippen LogP contribution in [0.4, 0.5) is 22.7 Å². The maximum Gasteiger partial charge on any atom is 0.293 e. The van der Waals surface area contributed by atoms with Gasteiger partial charge in [-0.15, -0.1) is 0 Å². The number of rotatable bonds is 6. The third-order valence-electron chi connectivity index (χ3n) is 5.52. The SMILES string of the molecule is O=C1CC(N(O)C2CC(=O)N(c3ccccc3[N+](=O)[O-])C2=O)C(=O)N1c1ccccc1[N+](=O)[O-]. The third-order valence-corrected chi connectivity index (χ3v) is 5.52. The van der Waals surface area contributed by atoms with Gasteiger partial charge >= 0.3 is 0 Å². The van der Waals surface area contributed by atoms with Crippen molar-refractivity contribution in [2.45, 2.75) is 24.9 Å². The van der Waals surface area contributed by atoms with Crippen LogP contribution in [-0.2, 0) is 19.2 Å². The lowest BCUT2D eigenvalue weighted by Gasteiger charge is -2.25. The summed E-state index contributed by atoms with van der Waals surface area (Å²) < 4.78 is 0. The minimum absolute atomic E-state index is 0.268. The zero-order valence-corrected chi connectivity index (χ0v) is 17.1. The molecule has 0 radical (unpaired) electrons. The van der Waals surface area contributed by atoms with Gasteiger partial charge in [-0.2, -0.15) is 5.06 Å². The second-order valence-electron chi connectivity index (χ2n) is 7.45. The van der Waals surface area contributed by atoms with E-state index in [2.05, 4.69) is 0 Å². The Kier molecular flexibility index (Phi) is 5.60. The number of nitro benzene ring substituents is 2. The molecule has 2 aromatic carbocycles. The summed E-state index contributed by atoms with van der Waals surface area (Å²) >= 11 is 0. The Bertz CT molecular complexity index is 1170. The first-order valence-electron chi connectivity index (χ1n) is 9.81. The van der Waals surface area contributed by atoms with Crippen molar-refractivity contribution in [3.63, 3.8) is 0 Å². The van der Waals surface area contributed by atoms with Crippen molar-refractivity contribution in [1.82, 2.24) is 5.06 Å². The van der Waals surface area contributed by atoms with Crippen LogP contribution >= 0.6 is 0 Å². The number of hydroxylamine groups is 2. The lowest BCUT2D eigenvalue weighted by atomic mass is 10.1. The van der Waals surface area contributed by atoms with Crippen molar-refractivity contribution >= 4 is 46.4 Å². The van der Waals surface area contributed by atoms with E-state index >= 15 is 0 Å². The molecule has 174 valence electrons. The molecule has 0 bridgehead atoms. The molecule has 0 saturated carbocycles. The van der Waals surface area contributed by atoms with Gasteiger partial charge in [-0.3, -0.25) is 39.4 Å². The summed E-state index contributed by atoms with van der Waals surface area (Å²) in [5.74, 6) is -3.75. The number of hydrogen-bond acceptors (Lipinski definition) is 10. The Balaban J connectivity index is 1.62. The molecule has 0 aromatic heterocycles. The van der Waals surface area contributed by atoms with Crippen LogP contribution in [0.25, 0.3) is 0 Å². The van der Waals surface area contributed by atoms with Gasteiger partial charge in [0, 0.05) is 12.1 Å². The molecule has 2 saturated heterocycles. The van der Waals surface area contributed by atoms with Gasteiger partial charge in [0.25, 0.3) is 23.2 Å². The highest BCUT2D eigenvalue weighted by atomic mass is 16.6. The van der Waals surface area contributed by atoms with E-state index in [1.165, 1.54) is 36.4 Å². The molecule has 4 amide bonds. The number of carbonyl (C=O) groups is 4. The summed E-state index contributed by atoms with van der Waals surface area (Å²) in [6.07, 6.45) is -1.21. The summed E-state index contributed by atoms with van der Waals surface area (Å²) in [6, 6.07) is 6.86. The quantitative estimate of drug-likeness (QED) is 0.366. The summed E-state index contributed by atoms with van der Waals surface area (Å²) in [5, 5.41) is 33.6. The lowest BCUT2D eigenvalue weighted by Crippen LogP contribution is -2.49. The van der Waals surface area contributed by atoms with E-state index in [0.29, 0.717) is 9.80 Å². The van der Waals surface area contributed by atoms with E-state index in [0.717, 1.165) is 12.1 Å². The van der Waals surface area contributed by atoms with Gasteiger partial charge in [-0.25, -0.2) is 9.80 Å². The van der Waals surface area contributed by atoms with Crippen LogP contribution in [0, 0.1) is 20.2 Å². The number of anilines is 2. The Labute approximate surface area is 189 Å². The number of para-hydroxylation sites is 4. The van der Waals surface area contributed by atoms with Gasteiger partial charge in [0.05, 0.1) is 22.7 Å². The zero-order chi connectivity index (χ0) is 24.7. The normalized spacial score (nSPS) is 20.5. The molecule has 0 aliphatic carbocycles. The van der Waals surface area contributed by atoms with Gasteiger partial charge in [-0.05, 0) is 12.1 Å². The first kappa shape index (κ1) is 22.6. The molecule has 1 N–H and O–H groups in total. The second kappa shape index (κ2) is 8.42. The Morgan fingerprint density at radius 1 is 0.735 bits per heavy atom. The first-order chi connectivity index (χ1) is 16.1. The molecule has 14 nitrogen and oxygen atoms in total. The van der Waals surface area contributed by atoms with Crippen molar-refractivity contribution in [1.29, 1.82) is 0 Å². The lowest BCUT2D eigenvalue weighted by molar-refractivity contribution is -0.384. The first-order valence-corrected chi connectivity index (χ1v) is 9.81.